The van der Waals surface area contributed by atoms with Crippen LogP contribution in [0.15, 0.2) is 29.2 Å². The zero-order chi connectivity index (χ0) is 14.6. The van der Waals surface area contributed by atoms with Crippen molar-refractivity contribution in [1.82, 2.24) is 0 Å². The van der Waals surface area contributed by atoms with E-state index in [1.54, 1.807) is 12.1 Å². The van der Waals surface area contributed by atoms with Gasteiger partial charge in [-0.05, 0) is 43.7 Å². The van der Waals surface area contributed by atoms with E-state index < -0.39 is 10.1 Å². The molecule has 0 atom stereocenters. The zero-order valence-corrected chi connectivity index (χ0v) is 12.1. The standard InChI is InChI=1S/C14H17NO4S/c1-10-2-4-11(5-3-10)20(17,18)19-9-13-6-14(7-13,8-13)12(15)16/h2-5H,6-9H2,1H3,(H2,15,16). The second kappa shape index (κ2) is 4.05. The predicted octanol–water partition coefficient (Wildman–Crippen LogP) is 1.36. The summed E-state index contributed by atoms with van der Waals surface area (Å²) in [6.45, 7) is 2.03. The Labute approximate surface area is 118 Å². The summed E-state index contributed by atoms with van der Waals surface area (Å²) in [5.41, 5.74) is 5.77. The molecule has 0 saturated heterocycles. The van der Waals surface area contributed by atoms with Gasteiger partial charge in [-0.15, -0.1) is 0 Å². The van der Waals surface area contributed by atoms with E-state index >= 15 is 0 Å². The Balaban J connectivity index is 1.63. The van der Waals surface area contributed by atoms with E-state index in [0.717, 1.165) is 5.56 Å². The first kappa shape index (κ1) is 13.6. The van der Waals surface area contributed by atoms with Crippen molar-refractivity contribution in [2.45, 2.75) is 31.1 Å². The summed E-state index contributed by atoms with van der Waals surface area (Å²) in [6.07, 6.45) is 1.95. The van der Waals surface area contributed by atoms with Gasteiger partial charge in [-0.3, -0.25) is 8.98 Å². The van der Waals surface area contributed by atoms with Gasteiger partial charge in [0.25, 0.3) is 10.1 Å². The van der Waals surface area contributed by atoms with Crippen LogP contribution in [0.5, 0.6) is 0 Å². The van der Waals surface area contributed by atoms with Gasteiger partial charge in [-0.1, -0.05) is 17.7 Å². The van der Waals surface area contributed by atoms with Crippen LogP contribution in [0.1, 0.15) is 24.8 Å². The van der Waals surface area contributed by atoms with E-state index in [9.17, 15) is 13.2 Å². The van der Waals surface area contributed by atoms with Gasteiger partial charge in [0.2, 0.25) is 5.91 Å². The molecule has 20 heavy (non-hydrogen) atoms. The third kappa shape index (κ3) is 1.94. The van der Waals surface area contributed by atoms with Crippen LogP contribution in [0.2, 0.25) is 0 Å². The lowest BCUT2D eigenvalue weighted by Crippen LogP contribution is -2.68. The third-order valence-electron chi connectivity index (χ3n) is 4.49. The van der Waals surface area contributed by atoms with Crippen LogP contribution < -0.4 is 5.73 Å². The lowest BCUT2D eigenvalue weighted by Gasteiger charge is -2.68. The fourth-order valence-electron chi connectivity index (χ4n) is 3.39. The Morgan fingerprint density at radius 1 is 1.25 bits per heavy atom. The molecule has 0 heterocycles. The quantitative estimate of drug-likeness (QED) is 0.831. The molecule has 6 heteroatoms. The first-order valence-corrected chi connectivity index (χ1v) is 7.94. The molecule has 3 aliphatic rings. The SMILES string of the molecule is Cc1ccc(S(=O)(=O)OCC23CC(C(N)=O)(C2)C3)cc1. The van der Waals surface area contributed by atoms with Crippen molar-refractivity contribution in [2.24, 2.45) is 16.6 Å². The molecule has 3 fully saturated rings. The molecule has 2 N–H and O–H groups in total. The second-order valence-electron chi connectivity index (χ2n) is 6.20. The summed E-state index contributed by atoms with van der Waals surface area (Å²) in [5.74, 6) is -0.277. The van der Waals surface area contributed by atoms with Crippen LogP contribution in [0.25, 0.3) is 0 Å². The summed E-state index contributed by atoms with van der Waals surface area (Å²) in [4.78, 5) is 11.4. The van der Waals surface area contributed by atoms with E-state index in [0.29, 0.717) is 19.3 Å². The number of hydrogen-bond donors (Lipinski definition) is 1. The highest BCUT2D eigenvalue weighted by atomic mass is 32.2. The van der Waals surface area contributed by atoms with Crippen molar-refractivity contribution in [2.75, 3.05) is 6.61 Å². The summed E-state index contributed by atoms with van der Waals surface area (Å²) in [5, 5.41) is 0. The molecule has 1 aromatic carbocycles. The lowest BCUT2D eigenvalue weighted by atomic mass is 9.35. The molecule has 4 rings (SSSR count). The number of rotatable bonds is 5. The molecular weight excluding hydrogens is 278 g/mol. The molecular formula is C14H17NO4S. The maximum Gasteiger partial charge on any atom is 0.296 e. The minimum atomic E-state index is -3.72. The van der Waals surface area contributed by atoms with Gasteiger partial charge in [0.1, 0.15) is 0 Å². The molecule has 5 nitrogen and oxygen atoms in total. The average molecular weight is 295 g/mol. The summed E-state index contributed by atoms with van der Waals surface area (Å²) in [7, 11) is -3.72. The van der Waals surface area contributed by atoms with Crippen LogP contribution in [0.3, 0.4) is 0 Å². The molecule has 0 spiro atoms. The molecule has 0 radical (unpaired) electrons. The Bertz CT molecular complexity index is 643. The molecule has 108 valence electrons. The molecule has 3 saturated carbocycles. The number of amides is 1. The van der Waals surface area contributed by atoms with Crippen molar-refractivity contribution in [3.63, 3.8) is 0 Å². The van der Waals surface area contributed by atoms with Crippen LogP contribution in [-0.2, 0) is 19.1 Å². The highest BCUT2D eigenvalue weighted by molar-refractivity contribution is 7.86. The van der Waals surface area contributed by atoms with E-state index in [1.807, 2.05) is 6.92 Å². The fraction of sp³-hybridized carbons (Fsp3) is 0.500. The maximum absolute atomic E-state index is 12.0. The van der Waals surface area contributed by atoms with Crippen LogP contribution in [0.4, 0.5) is 0 Å². The van der Waals surface area contributed by atoms with Gasteiger partial charge >= 0.3 is 0 Å². The molecule has 0 unspecified atom stereocenters. The predicted molar refractivity (Wildman–Crippen MR) is 72.2 cm³/mol. The van der Waals surface area contributed by atoms with E-state index in [4.69, 9.17) is 9.92 Å². The molecule has 3 aliphatic carbocycles. The van der Waals surface area contributed by atoms with Crippen molar-refractivity contribution >= 4 is 16.0 Å². The molecule has 0 aromatic heterocycles. The van der Waals surface area contributed by atoms with Crippen molar-refractivity contribution in [3.05, 3.63) is 29.8 Å². The lowest BCUT2D eigenvalue weighted by molar-refractivity contribution is -0.214. The smallest absolute Gasteiger partial charge is 0.296 e. The summed E-state index contributed by atoms with van der Waals surface area (Å²) >= 11 is 0. The number of nitrogens with two attached hydrogens (primary N) is 1. The number of carbonyl (C=O) groups excluding carboxylic acids is 1. The largest absolute Gasteiger partial charge is 0.369 e. The third-order valence-corrected chi connectivity index (χ3v) is 5.77. The maximum atomic E-state index is 12.0. The van der Waals surface area contributed by atoms with Crippen molar-refractivity contribution in [3.8, 4) is 0 Å². The molecule has 1 aromatic rings. The minimum absolute atomic E-state index is 0.137. The first-order valence-electron chi connectivity index (χ1n) is 6.53. The van der Waals surface area contributed by atoms with Gasteiger partial charge < -0.3 is 5.73 Å². The van der Waals surface area contributed by atoms with Gasteiger partial charge in [0.05, 0.1) is 16.9 Å². The van der Waals surface area contributed by atoms with Crippen LogP contribution in [0, 0.1) is 17.8 Å². The van der Waals surface area contributed by atoms with Crippen molar-refractivity contribution < 1.29 is 17.4 Å². The van der Waals surface area contributed by atoms with E-state index in [-0.39, 0.29) is 28.2 Å². The Hall–Kier alpha value is -1.40. The molecule has 1 amide bonds. The normalized spacial score (nSPS) is 31.2. The van der Waals surface area contributed by atoms with Gasteiger partial charge in [-0.25, -0.2) is 0 Å². The second-order valence-corrected chi connectivity index (χ2v) is 7.82. The number of benzene rings is 1. The highest BCUT2D eigenvalue weighted by Crippen LogP contribution is 2.73. The van der Waals surface area contributed by atoms with Gasteiger partial charge in [0.15, 0.2) is 0 Å². The summed E-state index contributed by atoms with van der Waals surface area (Å²) in [6, 6.07) is 6.55. The average Bonchev–Trinajstić information content (AvgIpc) is 2.25. The zero-order valence-electron chi connectivity index (χ0n) is 11.3. The molecule has 0 aliphatic heterocycles. The number of hydrogen-bond acceptors (Lipinski definition) is 4. The Morgan fingerprint density at radius 3 is 2.30 bits per heavy atom. The summed E-state index contributed by atoms with van der Waals surface area (Å²) < 4.78 is 29.2. The number of aryl methyl sites for hydroxylation is 1. The minimum Gasteiger partial charge on any atom is -0.369 e. The highest BCUT2D eigenvalue weighted by Gasteiger charge is 2.71. The van der Waals surface area contributed by atoms with Crippen molar-refractivity contribution in [1.29, 1.82) is 0 Å². The van der Waals surface area contributed by atoms with E-state index in [2.05, 4.69) is 0 Å². The van der Waals surface area contributed by atoms with Crippen LogP contribution in [-0.4, -0.2) is 20.9 Å². The van der Waals surface area contributed by atoms with Gasteiger partial charge in [-0.2, -0.15) is 8.42 Å². The van der Waals surface area contributed by atoms with E-state index in [1.165, 1.54) is 12.1 Å². The topological polar surface area (TPSA) is 86.5 Å². The Morgan fingerprint density at radius 2 is 1.80 bits per heavy atom. The molecule has 2 bridgehead atoms. The number of primary amides is 1. The number of carbonyl (C=O) groups is 1. The fourth-order valence-corrected chi connectivity index (χ4v) is 4.40. The van der Waals surface area contributed by atoms with Gasteiger partial charge in [0, 0.05) is 0 Å². The first-order chi connectivity index (χ1) is 9.27. The Kier molecular flexibility index (Phi) is 2.75. The monoisotopic (exact) mass is 295 g/mol. The van der Waals surface area contributed by atoms with Crippen LogP contribution >= 0.6 is 0 Å².